The Morgan fingerprint density at radius 2 is 1.80 bits per heavy atom. The zero-order chi connectivity index (χ0) is 17.4. The van der Waals surface area contributed by atoms with E-state index >= 15 is 0 Å². The second kappa shape index (κ2) is 5.98. The van der Waals surface area contributed by atoms with Gasteiger partial charge < -0.3 is 10.1 Å². The first-order chi connectivity index (χ1) is 12.2. The summed E-state index contributed by atoms with van der Waals surface area (Å²) in [5, 5.41) is 10.5. The average molecular weight is 334 g/mol. The SMILES string of the molecule is COc1ccc(C2NC(=O)Nc3c2c(C)nn3-c2ccccc2)cc1. The predicted molar refractivity (Wildman–Crippen MR) is 95.3 cm³/mol. The van der Waals surface area contributed by atoms with Crippen molar-refractivity contribution in [1.82, 2.24) is 15.1 Å². The van der Waals surface area contributed by atoms with Crippen molar-refractivity contribution in [3.8, 4) is 11.4 Å². The minimum Gasteiger partial charge on any atom is -0.497 e. The molecule has 0 spiro atoms. The fourth-order valence-electron chi connectivity index (χ4n) is 3.15. The Morgan fingerprint density at radius 1 is 1.08 bits per heavy atom. The maximum absolute atomic E-state index is 12.2. The molecule has 2 N–H and O–H groups in total. The number of carbonyl (C=O) groups is 1. The summed E-state index contributed by atoms with van der Waals surface area (Å²) in [6.45, 7) is 1.95. The van der Waals surface area contributed by atoms with E-state index < -0.39 is 0 Å². The molecule has 1 aromatic heterocycles. The van der Waals surface area contributed by atoms with Crippen LogP contribution in [0.3, 0.4) is 0 Å². The zero-order valence-electron chi connectivity index (χ0n) is 14.0. The number of aromatic nitrogens is 2. The molecule has 0 radical (unpaired) electrons. The number of fused-ring (bicyclic) bond motifs is 1. The fraction of sp³-hybridized carbons (Fsp3) is 0.158. The summed E-state index contributed by atoms with van der Waals surface area (Å²) >= 11 is 0. The smallest absolute Gasteiger partial charge is 0.321 e. The summed E-state index contributed by atoms with van der Waals surface area (Å²) in [6.07, 6.45) is 0. The molecule has 4 rings (SSSR count). The van der Waals surface area contributed by atoms with Gasteiger partial charge in [-0.05, 0) is 36.8 Å². The van der Waals surface area contributed by atoms with Gasteiger partial charge >= 0.3 is 6.03 Å². The summed E-state index contributed by atoms with van der Waals surface area (Å²) in [7, 11) is 1.63. The van der Waals surface area contributed by atoms with E-state index in [2.05, 4.69) is 15.7 Å². The fourth-order valence-corrected chi connectivity index (χ4v) is 3.15. The van der Waals surface area contributed by atoms with Gasteiger partial charge in [0.25, 0.3) is 0 Å². The van der Waals surface area contributed by atoms with E-state index in [4.69, 9.17) is 4.74 Å². The van der Waals surface area contributed by atoms with E-state index in [-0.39, 0.29) is 12.1 Å². The molecule has 0 bridgehead atoms. The molecule has 25 heavy (non-hydrogen) atoms. The largest absolute Gasteiger partial charge is 0.497 e. The lowest BCUT2D eigenvalue weighted by Gasteiger charge is -2.26. The van der Waals surface area contributed by atoms with E-state index in [0.717, 1.165) is 28.3 Å². The number of hydrogen-bond acceptors (Lipinski definition) is 3. The standard InChI is InChI=1S/C19H18N4O2/c1-12-16-17(13-8-10-15(25-2)11-9-13)20-19(24)21-18(16)23(22-12)14-6-4-3-5-7-14/h3-11,17H,1-2H3,(H2,20,21,24). The van der Waals surface area contributed by atoms with E-state index in [0.29, 0.717) is 5.82 Å². The number of carbonyl (C=O) groups excluding carboxylic acids is 1. The van der Waals surface area contributed by atoms with Crippen molar-refractivity contribution in [1.29, 1.82) is 0 Å². The third-order valence-corrected chi connectivity index (χ3v) is 4.35. The Morgan fingerprint density at radius 3 is 2.48 bits per heavy atom. The molecule has 126 valence electrons. The van der Waals surface area contributed by atoms with Crippen molar-refractivity contribution >= 4 is 11.8 Å². The van der Waals surface area contributed by atoms with Crippen LogP contribution in [0.25, 0.3) is 5.69 Å². The van der Waals surface area contributed by atoms with Crippen LogP contribution in [0.15, 0.2) is 54.6 Å². The van der Waals surface area contributed by atoms with Crippen molar-refractivity contribution < 1.29 is 9.53 Å². The van der Waals surface area contributed by atoms with E-state index in [1.807, 2.05) is 61.5 Å². The van der Waals surface area contributed by atoms with Crippen LogP contribution >= 0.6 is 0 Å². The number of benzene rings is 2. The Bertz CT molecular complexity index is 917. The Balaban J connectivity index is 1.83. The Kier molecular flexibility index (Phi) is 3.65. The molecule has 1 aliphatic rings. The quantitative estimate of drug-likeness (QED) is 0.771. The lowest BCUT2D eigenvalue weighted by molar-refractivity contribution is 0.249. The van der Waals surface area contributed by atoms with Crippen molar-refractivity contribution in [2.45, 2.75) is 13.0 Å². The molecule has 2 aromatic carbocycles. The van der Waals surface area contributed by atoms with Crippen LogP contribution in [-0.2, 0) is 0 Å². The van der Waals surface area contributed by atoms with Crippen molar-refractivity contribution in [2.75, 3.05) is 12.4 Å². The molecular weight excluding hydrogens is 316 g/mol. The van der Waals surface area contributed by atoms with Gasteiger partial charge in [-0.15, -0.1) is 0 Å². The Hall–Kier alpha value is -3.28. The van der Waals surface area contributed by atoms with Gasteiger partial charge in [-0.3, -0.25) is 5.32 Å². The first-order valence-electron chi connectivity index (χ1n) is 8.04. The number of para-hydroxylation sites is 1. The van der Waals surface area contributed by atoms with Crippen LogP contribution < -0.4 is 15.4 Å². The van der Waals surface area contributed by atoms with Gasteiger partial charge in [-0.1, -0.05) is 30.3 Å². The highest BCUT2D eigenvalue weighted by molar-refractivity contribution is 5.93. The number of hydrogen-bond donors (Lipinski definition) is 2. The number of amides is 2. The number of ether oxygens (including phenoxy) is 1. The molecule has 0 fully saturated rings. The highest BCUT2D eigenvalue weighted by atomic mass is 16.5. The maximum Gasteiger partial charge on any atom is 0.321 e. The monoisotopic (exact) mass is 334 g/mol. The molecule has 0 aliphatic carbocycles. The van der Waals surface area contributed by atoms with Gasteiger partial charge in [0.2, 0.25) is 0 Å². The molecule has 0 saturated carbocycles. The first kappa shape index (κ1) is 15.3. The topological polar surface area (TPSA) is 68.2 Å². The van der Waals surface area contributed by atoms with Crippen LogP contribution in [0.4, 0.5) is 10.6 Å². The number of nitrogens with zero attached hydrogens (tertiary/aromatic N) is 2. The second-order valence-corrected chi connectivity index (χ2v) is 5.90. The van der Waals surface area contributed by atoms with E-state index in [1.54, 1.807) is 11.8 Å². The highest BCUT2D eigenvalue weighted by Crippen LogP contribution is 2.36. The Labute approximate surface area is 145 Å². The summed E-state index contributed by atoms with van der Waals surface area (Å²) in [5.41, 5.74) is 3.72. The third kappa shape index (κ3) is 2.61. The molecule has 1 aliphatic heterocycles. The molecule has 6 nitrogen and oxygen atoms in total. The van der Waals surface area contributed by atoms with E-state index in [1.165, 1.54) is 0 Å². The van der Waals surface area contributed by atoms with Gasteiger partial charge in [0.15, 0.2) is 0 Å². The second-order valence-electron chi connectivity index (χ2n) is 5.90. The normalized spacial score (nSPS) is 15.9. The number of methoxy groups -OCH3 is 1. The molecule has 2 amide bonds. The number of urea groups is 1. The number of aryl methyl sites for hydroxylation is 1. The third-order valence-electron chi connectivity index (χ3n) is 4.35. The van der Waals surface area contributed by atoms with Crippen molar-refractivity contribution in [2.24, 2.45) is 0 Å². The van der Waals surface area contributed by atoms with Crippen LogP contribution in [0, 0.1) is 6.92 Å². The lowest BCUT2D eigenvalue weighted by atomic mass is 9.97. The summed E-state index contributed by atoms with van der Waals surface area (Å²) < 4.78 is 6.99. The molecule has 2 heterocycles. The van der Waals surface area contributed by atoms with Gasteiger partial charge in [0.1, 0.15) is 11.6 Å². The van der Waals surface area contributed by atoms with Gasteiger partial charge in [0.05, 0.1) is 24.5 Å². The zero-order valence-corrected chi connectivity index (χ0v) is 14.0. The molecular formula is C19H18N4O2. The minimum atomic E-state index is -0.257. The van der Waals surface area contributed by atoms with Gasteiger partial charge in [0, 0.05) is 5.56 Å². The predicted octanol–water partition coefficient (Wildman–Crippen LogP) is 3.41. The van der Waals surface area contributed by atoms with Gasteiger partial charge in [-0.25, -0.2) is 9.48 Å². The first-order valence-corrected chi connectivity index (χ1v) is 8.04. The molecule has 1 atom stereocenters. The summed E-state index contributed by atoms with van der Waals surface area (Å²) in [6, 6.07) is 17.0. The average Bonchev–Trinajstić information content (AvgIpc) is 2.98. The molecule has 1 unspecified atom stereocenters. The molecule has 3 aromatic rings. The minimum absolute atomic E-state index is 0.245. The van der Waals surface area contributed by atoms with Gasteiger partial charge in [-0.2, -0.15) is 5.10 Å². The molecule has 6 heteroatoms. The van der Waals surface area contributed by atoms with Crippen molar-refractivity contribution in [3.63, 3.8) is 0 Å². The number of anilines is 1. The van der Waals surface area contributed by atoms with Crippen LogP contribution in [0.5, 0.6) is 5.75 Å². The van der Waals surface area contributed by atoms with Crippen molar-refractivity contribution in [3.05, 3.63) is 71.4 Å². The lowest BCUT2D eigenvalue weighted by Crippen LogP contribution is -2.38. The summed E-state index contributed by atoms with van der Waals surface area (Å²) in [5.74, 6) is 1.48. The molecule has 0 saturated heterocycles. The van der Waals surface area contributed by atoms with Crippen LogP contribution in [0.2, 0.25) is 0 Å². The van der Waals surface area contributed by atoms with Crippen LogP contribution in [0.1, 0.15) is 22.9 Å². The maximum atomic E-state index is 12.2. The highest BCUT2D eigenvalue weighted by Gasteiger charge is 2.31. The van der Waals surface area contributed by atoms with Crippen LogP contribution in [-0.4, -0.2) is 22.9 Å². The van der Waals surface area contributed by atoms with E-state index in [9.17, 15) is 4.79 Å². The number of rotatable bonds is 3. The summed E-state index contributed by atoms with van der Waals surface area (Å²) in [4.78, 5) is 12.2. The number of nitrogens with one attached hydrogen (secondary N) is 2.